The van der Waals surface area contributed by atoms with Crippen molar-refractivity contribution in [2.24, 2.45) is 0 Å². The van der Waals surface area contributed by atoms with Crippen LogP contribution in [0.5, 0.6) is 0 Å². The Hall–Kier alpha value is -8.72. The molecule has 0 N–H and O–H groups in total. The molecule has 70 heavy (non-hydrogen) atoms. The number of benzene rings is 12. The number of rotatable bonds is 4. The molecule has 0 amide bonds. The molecule has 0 atom stereocenters. The molecule has 328 valence electrons. The van der Waals surface area contributed by atoms with Gasteiger partial charge >= 0.3 is 0 Å². The average Bonchev–Trinajstić information content (AvgIpc) is 3.96. The van der Waals surface area contributed by atoms with E-state index in [-0.39, 0.29) is 5.41 Å². The highest BCUT2D eigenvalue weighted by molar-refractivity contribution is 6.28. The van der Waals surface area contributed by atoms with Gasteiger partial charge in [0.2, 0.25) is 0 Å². The lowest BCUT2D eigenvalue weighted by atomic mass is 9.67. The van der Waals surface area contributed by atoms with E-state index in [0.29, 0.717) is 0 Å². The second kappa shape index (κ2) is 14.2. The van der Waals surface area contributed by atoms with E-state index in [9.17, 15) is 0 Å². The highest BCUT2D eigenvalue weighted by Gasteiger charge is 2.35. The summed E-state index contributed by atoms with van der Waals surface area (Å²) in [5.41, 5.74) is 15.2. The summed E-state index contributed by atoms with van der Waals surface area (Å²) >= 11 is 0. The van der Waals surface area contributed by atoms with Crippen molar-refractivity contribution in [3.63, 3.8) is 0 Å². The number of fused-ring (bicyclic) bond motifs is 16. The maximum Gasteiger partial charge on any atom is 0.143 e. The zero-order chi connectivity index (χ0) is 46.6. The third kappa shape index (κ3) is 5.28. The van der Waals surface area contributed by atoms with Crippen molar-refractivity contribution in [3.8, 4) is 33.4 Å². The molecule has 0 bridgehead atoms. The third-order valence-corrected chi connectivity index (χ3v) is 15.8. The molecular formula is C68H44O2. The van der Waals surface area contributed by atoms with Crippen molar-refractivity contribution < 1.29 is 8.83 Å². The van der Waals surface area contributed by atoms with Crippen molar-refractivity contribution >= 4 is 121 Å². The van der Waals surface area contributed by atoms with Crippen LogP contribution in [0.3, 0.4) is 0 Å². The molecule has 0 aliphatic heterocycles. The van der Waals surface area contributed by atoms with E-state index in [1.807, 2.05) is 6.08 Å². The zero-order valence-electron chi connectivity index (χ0n) is 39.1. The third-order valence-electron chi connectivity index (χ3n) is 15.8. The second-order valence-corrected chi connectivity index (χ2v) is 19.9. The summed E-state index contributed by atoms with van der Waals surface area (Å²) in [4.78, 5) is 0. The van der Waals surface area contributed by atoms with Gasteiger partial charge in [0.25, 0.3) is 0 Å². The van der Waals surface area contributed by atoms with E-state index in [1.54, 1.807) is 0 Å². The van der Waals surface area contributed by atoms with Gasteiger partial charge in [-0.15, -0.1) is 0 Å². The number of allylic oxidation sites excluding steroid dienone is 1. The quantitative estimate of drug-likeness (QED) is 0.165. The van der Waals surface area contributed by atoms with Crippen molar-refractivity contribution in [2.45, 2.75) is 26.2 Å². The van der Waals surface area contributed by atoms with Crippen LogP contribution in [0.1, 0.15) is 43.0 Å². The Kier molecular flexibility index (Phi) is 7.95. The lowest BCUT2D eigenvalue weighted by molar-refractivity contribution is 0.645. The monoisotopic (exact) mass is 892 g/mol. The number of furan rings is 2. The Labute approximate surface area is 404 Å². The minimum absolute atomic E-state index is 0.307. The molecule has 2 heteroatoms. The maximum atomic E-state index is 7.06. The molecule has 2 heterocycles. The summed E-state index contributed by atoms with van der Waals surface area (Å²) in [6.07, 6.45) is 6.31. The van der Waals surface area contributed by atoms with Crippen molar-refractivity contribution in [2.75, 3.05) is 0 Å². The lowest BCUT2D eigenvalue weighted by Gasteiger charge is -2.36. The van der Waals surface area contributed by atoms with Crippen molar-refractivity contribution in [1.29, 1.82) is 0 Å². The summed E-state index contributed by atoms with van der Waals surface area (Å²) in [6.45, 7) is 11.2. The number of hydrogen-bond donors (Lipinski definition) is 0. The van der Waals surface area contributed by atoms with Gasteiger partial charge in [-0.2, -0.15) is 0 Å². The van der Waals surface area contributed by atoms with E-state index in [4.69, 9.17) is 8.83 Å². The van der Waals surface area contributed by atoms with Gasteiger partial charge in [-0.3, -0.25) is 0 Å². The van der Waals surface area contributed by atoms with E-state index in [0.717, 1.165) is 77.3 Å². The van der Waals surface area contributed by atoms with Crippen LogP contribution in [0.25, 0.3) is 154 Å². The Balaban J connectivity index is 0.982. The maximum absolute atomic E-state index is 7.06. The first kappa shape index (κ1) is 39.3. The Morgan fingerprint density at radius 1 is 0.400 bits per heavy atom. The minimum atomic E-state index is -0.307. The molecule has 0 saturated heterocycles. The Bertz CT molecular complexity index is 4700. The smallest absolute Gasteiger partial charge is 0.143 e. The Morgan fingerprint density at radius 2 is 0.986 bits per heavy atom. The predicted octanol–water partition coefficient (Wildman–Crippen LogP) is 19.7. The normalized spacial score (nSPS) is 13.5. The van der Waals surface area contributed by atoms with E-state index in [1.165, 1.54) is 86.9 Å². The van der Waals surface area contributed by atoms with Crippen LogP contribution >= 0.6 is 0 Å². The van der Waals surface area contributed by atoms with Crippen LogP contribution in [0.2, 0.25) is 0 Å². The van der Waals surface area contributed by atoms with Crippen LogP contribution < -0.4 is 0 Å². The first-order chi connectivity index (χ1) is 34.4. The van der Waals surface area contributed by atoms with E-state index >= 15 is 0 Å². The Morgan fingerprint density at radius 3 is 1.69 bits per heavy atom. The molecule has 2 aromatic heterocycles. The minimum Gasteiger partial charge on any atom is -0.455 e. The van der Waals surface area contributed by atoms with Crippen molar-refractivity contribution in [3.05, 3.63) is 217 Å². The summed E-state index contributed by atoms with van der Waals surface area (Å²) < 4.78 is 14.0. The highest BCUT2D eigenvalue weighted by Crippen LogP contribution is 2.54. The first-order valence-electron chi connectivity index (χ1n) is 24.4. The van der Waals surface area contributed by atoms with Crippen LogP contribution in [-0.4, -0.2) is 0 Å². The fraction of sp³-hybridized carbons (Fsp3) is 0.0588. The van der Waals surface area contributed by atoms with Gasteiger partial charge in [0.05, 0.1) is 0 Å². The molecule has 0 spiro atoms. The van der Waals surface area contributed by atoms with Gasteiger partial charge in [-0.1, -0.05) is 166 Å². The van der Waals surface area contributed by atoms with Gasteiger partial charge in [0, 0.05) is 38.1 Å². The zero-order valence-corrected chi connectivity index (χ0v) is 39.1. The van der Waals surface area contributed by atoms with E-state index in [2.05, 4.69) is 221 Å². The first-order valence-corrected chi connectivity index (χ1v) is 24.4. The molecular weight excluding hydrogens is 849 g/mol. The van der Waals surface area contributed by atoms with Crippen LogP contribution in [0.15, 0.2) is 203 Å². The summed E-state index contributed by atoms with van der Waals surface area (Å²) in [7, 11) is 0. The standard InChI is InChI=1S/C68H44O2/c1-5-16-45-38(6-2)29-56(67-64(45)57-30-39-17-7-10-20-42(39)35-62(57)70-67)53-36-54-50-25-15-26-59-63(50)55(37-52(54)47-23-13-14-24-48(47)53)49-28-27-44(33-60(49)68(59,3)4)51-32-43-21-11-12-22-46(43)65-58-31-40-18-8-9-19-41(40)34-61(58)69-66(51)65/h5-37H,2H2,1,3-4H3/b16-5-. The summed E-state index contributed by atoms with van der Waals surface area (Å²) in [5.74, 6) is 0. The molecule has 0 saturated carbocycles. The van der Waals surface area contributed by atoms with Gasteiger partial charge in [-0.05, 0) is 171 Å². The SMILES string of the molecule is C=Cc1cc(-c2cc3c4cccc5c4c(cc3c3ccccc23)-c2ccc(-c3cc4ccccc4c4c3oc3cc6ccccc6cc34)cc2C5(C)C)c2oc3cc4ccccc4cc3c2c1/C=C\C. The largest absolute Gasteiger partial charge is 0.455 e. The number of hydrogen-bond acceptors (Lipinski definition) is 2. The van der Waals surface area contributed by atoms with Crippen LogP contribution in [-0.2, 0) is 5.41 Å². The fourth-order valence-corrected chi connectivity index (χ4v) is 12.5. The molecule has 1 aliphatic carbocycles. The van der Waals surface area contributed by atoms with Gasteiger partial charge in [-0.25, -0.2) is 0 Å². The molecule has 14 aromatic rings. The van der Waals surface area contributed by atoms with Crippen molar-refractivity contribution in [1.82, 2.24) is 0 Å². The second-order valence-electron chi connectivity index (χ2n) is 19.9. The molecule has 12 aromatic carbocycles. The molecule has 0 radical (unpaired) electrons. The molecule has 0 unspecified atom stereocenters. The molecule has 15 rings (SSSR count). The van der Waals surface area contributed by atoms with Gasteiger partial charge in [0.15, 0.2) is 0 Å². The molecule has 0 fully saturated rings. The lowest BCUT2D eigenvalue weighted by Crippen LogP contribution is -2.23. The molecule has 1 aliphatic rings. The van der Waals surface area contributed by atoms with Crippen LogP contribution in [0, 0.1) is 0 Å². The highest BCUT2D eigenvalue weighted by atomic mass is 16.3. The van der Waals surface area contributed by atoms with E-state index < -0.39 is 0 Å². The van der Waals surface area contributed by atoms with Crippen LogP contribution in [0.4, 0.5) is 0 Å². The van der Waals surface area contributed by atoms with Gasteiger partial charge < -0.3 is 8.83 Å². The summed E-state index contributed by atoms with van der Waals surface area (Å²) in [6, 6.07) is 67.4. The topological polar surface area (TPSA) is 26.3 Å². The predicted molar refractivity (Wildman–Crippen MR) is 299 cm³/mol. The average molecular weight is 893 g/mol. The molecule has 2 nitrogen and oxygen atoms in total. The van der Waals surface area contributed by atoms with Gasteiger partial charge in [0.1, 0.15) is 22.3 Å². The fourth-order valence-electron chi connectivity index (χ4n) is 12.5. The summed E-state index contributed by atoms with van der Waals surface area (Å²) in [5, 5.41) is 19.1.